The molecule has 2 aromatic rings. The Morgan fingerprint density at radius 2 is 1.82 bits per heavy atom. The number of carboxylic acid groups (broad SMARTS) is 1. The second-order valence-electron chi connectivity index (χ2n) is 7.75. The lowest BCUT2D eigenvalue weighted by Gasteiger charge is -2.72. The van der Waals surface area contributed by atoms with E-state index in [9.17, 15) is 19.1 Å². The number of hydrogen-bond acceptors (Lipinski definition) is 3. The Morgan fingerprint density at radius 3 is 2.43 bits per heavy atom. The Kier molecular flexibility index (Phi) is 4.54. The Balaban J connectivity index is 1.41. The van der Waals surface area contributed by atoms with E-state index >= 15 is 0 Å². The molecule has 5 rings (SSSR count). The maximum atomic E-state index is 14.3. The number of aliphatic carboxylic acids is 1. The van der Waals surface area contributed by atoms with Gasteiger partial charge in [-0.15, -0.1) is 0 Å². The van der Waals surface area contributed by atoms with Crippen molar-refractivity contribution in [1.29, 1.82) is 0 Å². The van der Waals surface area contributed by atoms with Crippen LogP contribution in [0.1, 0.15) is 30.4 Å². The van der Waals surface area contributed by atoms with E-state index in [0.29, 0.717) is 29.8 Å². The highest BCUT2D eigenvalue weighted by atomic mass is 35.5. The normalized spacial score (nSPS) is 25.8. The Hall–Kier alpha value is -2.60. The molecule has 28 heavy (non-hydrogen) atoms. The van der Waals surface area contributed by atoms with Gasteiger partial charge in [-0.2, -0.15) is 0 Å². The van der Waals surface area contributed by atoms with Crippen molar-refractivity contribution in [3.05, 3.63) is 70.5 Å². The number of ether oxygens (including phenoxy) is 1. The molecule has 0 saturated heterocycles. The summed E-state index contributed by atoms with van der Waals surface area (Å²) >= 11 is 6.18. The molecule has 3 aliphatic rings. The molecule has 1 amide bonds. The minimum atomic E-state index is -1.12. The Labute approximate surface area is 166 Å². The largest absolute Gasteiger partial charge is 0.480 e. The number of alkyl carbamates (subject to hydrolysis) is 1. The fraction of sp³-hybridized carbons (Fsp3) is 0.333. The maximum Gasteiger partial charge on any atom is 0.408 e. The Morgan fingerprint density at radius 1 is 1.14 bits per heavy atom. The molecule has 0 aliphatic heterocycles. The fourth-order valence-electron chi connectivity index (χ4n) is 4.80. The highest BCUT2D eigenvalue weighted by molar-refractivity contribution is 6.31. The van der Waals surface area contributed by atoms with E-state index in [1.165, 1.54) is 6.07 Å². The number of carboxylic acids is 1. The minimum absolute atomic E-state index is 0.0563. The third-order valence-electron chi connectivity index (χ3n) is 5.90. The van der Waals surface area contributed by atoms with Gasteiger partial charge in [0.2, 0.25) is 0 Å². The van der Waals surface area contributed by atoms with Crippen LogP contribution in [-0.2, 0) is 21.6 Å². The van der Waals surface area contributed by atoms with Crippen LogP contribution in [0.15, 0.2) is 48.5 Å². The van der Waals surface area contributed by atoms with Crippen molar-refractivity contribution in [3.8, 4) is 0 Å². The first-order valence-electron chi connectivity index (χ1n) is 9.00. The fourth-order valence-corrected chi connectivity index (χ4v) is 5.17. The number of nitrogens with one attached hydrogen (secondary N) is 1. The molecule has 2 N–H and O–H groups in total. The van der Waals surface area contributed by atoms with Crippen LogP contribution in [0.25, 0.3) is 0 Å². The topological polar surface area (TPSA) is 75.6 Å². The standard InChI is InChI=1S/C21H19ClFNO4/c22-14-7-4-8-15(23)16(14)20-10-21(11-20,12-20)17(18(25)26)24-19(27)28-9-13-5-2-1-3-6-13/h1-8,17H,9-12H2,(H,24,27)(H,25,26). The van der Waals surface area contributed by atoms with Gasteiger partial charge in [0.1, 0.15) is 18.5 Å². The predicted molar refractivity (Wildman–Crippen MR) is 101 cm³/mol. The summed E-state index contributed by atoms with van der Waals surface area (Å²) in [5.41, 5.74) is 0.229. The second kappa shape index (κ2) is 6.78. The van der Waals surface area contributed by atoms with Crippen molar-refractivity contribution < 1.29 is 23.8 Å². The van der Waals surface area contributed by atoms with E-state index in [-0.39, 0.29) is 12.4 Å². The number of amides is 1. The number of halogens is 2. The smallest absolute Gasteiger partial charge is 0.408 e. The van der Waals surface area contributed by atoms with Gasteiger partial charge in [-0.05, 0) is 37.0 Å². The predicted octanol–water partition coefficient (Wildman–Crippen LogP) is 4.28. The molecule has 3 fully saturated rings. The van der Waals surface area contributed by atoms with Crippen LogP contribution in [-0.4, -0.2) is 23.2 Å². The van der Waals surface area contributed by atoms with Crippen molar-refractivity contribution in [2.75, 3.05) is 0 Å². The molecule has 3 saturated carbocycles. The number of carbonyl (C=O) groups is 2. The molecule has 0 aromatic heterocycles. The molecule has 2 aromatic carbocycles. The monoisotopic (exact) mass is 403 g/mol. The molecule has 1 atom stereocenters. The van der Waals surface area contributed by atoms with E-state index in [1.54, 1.807) is 12.1 Å². The van der Waals surface area contributed by atoms with Crippen LogP contribution in [0, 0.1) is 11.2 Å². The summed E-state index contributed by atoms with van der Waals surface area (Å²) < 4.78 is 19.4. The average Bonchev–Trinajstić information content (AvgIpc) is 2.60. The number of hydrogen-bond donors (Lipinski definition) is 2. The van der Waals surface area contributed by atoms with Gasteiger partial charge < -0.3 is 15.2 Å². The minimum Gasteiger partial charge on any atom is -0.480 e. The molecule has 0 radical (unpaired) electrons. The zero-order valence-electron chi connectivity index (χ0n) is 15.0. The third kappa shape index (κ3) is 3.02. The van der Waals surface area contributed by atoms with Gasteiger partial charge in [0.05, 0.1) is 0 Å². The van der Waals surface area contributed by atoms with Gasteiger partial charge >= 0.3 is 12.1 Å². The van der Waals surface area contributed by atoms with Gasteiger partial charge in [0, 0.05) is 21.4 Å². The lowest BCUT2D eigenvalue weighted by molar-refractivity contribution is -0.183. The summed E-state index contributed by atoms with van der Waals surface area (Å²) in [5, 5.41) is 12.5. The zero-order valence-corrected chi connectivity index (χ0v) is 15.7. The van der Waals surface area contributed by atoms with Crippen molar-refractivity contribution >= 4 is 23.7 Å². The van der Waals surface area contributed by atoms with Crippen molar-refractivity contribution in [2.45, 2.75) is 37.3 Å². The Bertz CT molecular complexity index is 893. The first kappa shape index (κ1) is 18.7. The highest BCUT2D eigenvalue weighted by Gasteiger charge is 2.73. The molecule has 146 valence electrons. The molecule has 3 aliphatic carbocycles. The van der Waals surface area contributed by atoms with Gasteiger partial charge in [0.15, 0.2) is 0 Å². The summed E-state index contributed by atoms with van der Waals surface area (Å²) in [4.78, 5) is 23.9. The molecular weight excluding hydrogens is 385 g/mol. The van der Waals surface area contributed by atoms with Gasteiger partial charge in [-0.1, -0.05) is 48.0 Å². The molecule has 1 unspecified atom stereocenters. The summed E-state index contributed by atoms with van der Waals surface area (Å²) in [7, 11) is 0. The molecular formula is C21H19ClFNO4. The molecule has 2 bridgehead atoms. The SMILES string of the molecule is O=C(NC(C(=O)O)C12CC(c3c(F)cccc3Cl)(C1)C2)OCc1ccccc1. The first-order valence-corrected chi connectivity index (χ1v) is 9.38. The molecule has 0 heterocycles. The second-order valence-corrected chi connectivity index (χ2v) is 8.15. The summed E-state index contributed by atoms with van der Waals surface area (Å²) in [6.07, 6.45) is 0.628. The molecule has 5 nitrogen and oxygen atoms in total. The van der Waals surface area contributed by atoms with Crippen LogP contribution in [0.3, 0.4) is 0 Å². The summed E-state index contributed by atoms with van der Waals surface area (Å²) in [5.74, 6) is -1.49. The lowest BCUT2D eigenvalue weighted by atomic mass is 9.31. The van der Waals surface area contributed by atoms with E-state index in [4.69, 9.17) is 16.3 Å². The molecule has 7 heteroatoms. The van der Waals surface area contributed by atoms with Crippen LogP contribution in [0.5, 0.6) is 0 Å². The van der Waals surface area contributed by atoms with Gasteiger partial charge in [-0.3, -0.25) is 0 Å². The lowest BCUT2D eigenvalue weighted by Crippen LogP contribution is -2.73. The van der Waals surface area contributed by atoms with Crippen molar-refractivity contribution in [2.24, 2.45) is 5.41 Å². The van der Waals surface area contributed by atoms with Crippen LogP contribution in [0.4, 0.5) is 9.18 Å². The summed E-state index contributed by atoms with van der Waals surface area (Å²) in [6, 6.07) is 12.6. The maximum absolute atomic E-state index is 14.3. The van der Waals surface area contributed by atoms with Crippen LogP contribution >= 0.6 is 11.6 Å². The average molecular weight is 404 g/mol. The van der Waals surface area contributed by atoms with Crippen molar-refractivity contribution in [3.63, 3.8) is 0 Å². The van der Waals surface area contributed by atoms with Gasteiger partial charge in [-0.25, -0.2) is 14.0 Å². The van der Waals surface area contributed by atoms with E-state index in [0.717, 1.165) is 5.56 Å². The van der Waals surface area contributed by atoms with E-state index in [1.807, 2.05) is 30.3 Å². The number of benzene rings is 2. The molecule has 0 spiro atoms. The quantitative estimate of drug-likeness (QED) is 0.754. The van der Waals surface area contributed by atoms with Crippen LogP contribution < -0.4 is 5.32 Å². The van der Waals surface area contributed by atoms with E-state index in [2.05, 4.69) is 5.32 Å². The highest BCUT2D eigenvalue weighted by Crippen LogP contribution is 2.75. The number of carbonyl (C=O) groups excluding carboxylic acids is 1. The summed E-state index contributed by atoms with van der Waals surface area (Å²) in [6.45, 7) is 0.0563. The van der Waals surface area contributed by atoms with Crippen molar-refractivity contribution in [1.82, 2.24) is 5.32 Å². The number of rotatable bonds is 6. The van der Waals surface area contributed by atoms with E-state index < -0.39 is 28.9 Å². The van der Waals surface area contributed by atoms with Gasteiger partial charge in [0.25, 0.3) is 0 Å². The third-order valence-corrected chi connectivity index (χ3v) is 6.21. The zero-order chi connectivity index (χ0) is 19.9. The first-order chi connectivity index (χ1) is 13.4. The van der Waals surface area contributed by atoms with Crippen LogP contribution in [0.2, 0.25) is 5.02 Å².